The highest BCUT2D eigenvalue weighted by Crippen LogP contribution is 2.14. The van der Waals surface area contributed by atoms with Crippen molar-refractivity contribution < 1.29 is 20.1 Å². The molecule has 0 aliphatic carbocycles. The van der Waals surface area contributed by atoms with Crippen LogP contribution in [-0.4, -0.2) is 46.1 Å². The van der Waals surface area contributed by atoms with Crippen molar-refractivity contribution in [3.8, 4) is 0 Å². The molecule has 0 heterocycles. The third-order valence-corrected chi connectivity index (χ3v) is 10.6. The lowest BCUT2D eigenvalue weighted by molar-refractivity contribution is -0.124. The predicted octanol–water partition coefficient (Wildman–Crippen LogP) is 13.7. The molecule has 0 saturated heterocycles. The lowest BCUT2D eigenvalue weighted by atomic mass is 10.0. The van der Waals surface area contributed by atoms with Gasteiger partial charge >= 0.3 is 0 Å². The molecule has 316 valence electrons. The van der Waals surface area contributed by atoms with Gasteiger partial charge in [-0.05, 0) is 70.6 Å². The van der Waals surface area contributed by atoms with Crippen LogP contribution in [0.4, 0.5) is 0 Å². The van der Waals surface area contributed by atoms with E-state index in [4.69, 9.17) is 0 Å². The van der Waals surface area contributed by atoms with E-state index in [-0.39, 0.29) is 18.9 Å². The average molecular weight is 758 g/mol. The van der Waals surface area contributed by atoms with Crippen LogP contribution < -0.4 is 5.32 Å². The van der Waals surface area contributed by atoms with Crippen LogP contribution in [0.5, 0.6) is 0 Å². The van der Waals surface area contributed by atoms with Gasteiger partial charge in [-0.3, -0.25) is 4.79 Å². The summed E-state index contributed by atoms with van der Waals surface area (Å²) >= 11 is 0. The molecule has 4 N–H and O–H groups in total. The number of carbonyl (C=O) groups excluding carboxylic acids is 1. The van der Waals surface area contributed by atoms with E-state index >= 15 is 0 Å². The topological polar surface area (TPSA) is 89.8 Å². The lowest BCUT2D eigenvalue weighted by Crippen LogP contribution is -2.45. The Morgan fingerprint density at radius 3 is 1.19 bits per heavy atom. The third-order valence-electron chi connectivity index (χ3n) is 10.6. The summed E-state index contributed by atoms with van der Waals surface area (Å²) in [5, 5.41) is 33.2. The van der Waals surface area contributed by atoms with E-state index in [2.05, 4.69) is 55.6 Å². The molecule has 3 atom stereocenters. The Balaban J connectivity index is 3.74. The molecule has 3 unspecified atom stereocenters. The van der Waals surface area contributed by atoms with Gasteiger partial charge in [0, 0.05) is 0 Å². The number of carbonyl (C=O) groups is 1. The molecule has 1 amide bonds. The molecule has 0 radical (unpaired) electrons. The van der Waals surface area contributed by atoms with Gasteiger partial charge in [-0.15, -0.1) is 0 Å². The SMILES string of the molecule is CCCCCCCCCCC/C=C\CCCCCCCC(O)CC(=O)NC(CO)C(O)/C=C/CC/C=C/CC/C=C/CCCCCCCCCCCCC. The third kappa shape index (κ3) is 40.0. The van der Waals surface area contributed by atoms with Crippen LogP contribution in [0.3, 0.4) is 0 Å². The number of nitrogens with one attached hydrogen (secondary N) is 1. The maximum Gasteiger partial charge on any atom is 0.222 e. The van der Waals surface area contributed by atoms with E-state index in [9.17, 15) is 20.1 Å². The van der Waals surface area contributed by atoms with Crippen molar-refractivity contribution in [2.45, 2.75) is 250 Å². The van der Waals surface area contributed by atoms with Crippen molar-refractivity contribution in [1.82, 2.24) is 5.32 Å². The molecular formula is C49H91NO4. The van der Waals surface area contributed by atoms with E-state index in [1.54, 1.807) is 6.08 Å². The van der Waals surface area contributed by atoms with Gasteiger partial charge in [-0.25, -0.2) is 0 Å². The zero-order valence-corrected chi connectivity index (χ0v) is 35.8. The smallest absolute Gasteiger partial charge is 0.222 e. The van der Waals surface area contributed by atoms with Crippen molar-refractivity contribution >= 4 is 5.91 Å². The first-order chi connectivity index (χ1) is 26.5. The Morgan fingerprint density at radius 2 is 0.796 bits per heavy atom. The minimum Gasteiger partial charge on any atom is -0.394 e. The molecule has 0 aliphatic rings. The minimum absolute atomic E-state index is 0.00394. The van der Waals surface area contributed by atoms with Gasteiger partial charge in [0.2, 0.25) is 5.91 Å². The standard InChI is InChI=1S/C49H91NO4/c1-3-5-7-9-11-13-15-17-19-21-23-24-25-27-29-31-33-35-37-39-41-43-48(53)47(45-51)50-49(54)44-46(52)42-40-38-36-34-32-30-28-26-22-20-18-16-14-12-10-8-6-4-2/h25-28,33,35,41,43,46-48,51-53H,3-24,29-32,34,36-40,42,44-45H2,1-2H3,(H,50,54)/b27-25+,28-26-,35-33+,43-41+. The number of rotatable bonds is 42. The van der Waals surface area contributed by atoms with Crippen molar-refractivity contribution in [2.24, 2.45) is 0 Å². The first-order valence-corrected chi connectivity index (χ1v) is 23.4. The summed E-state index contributed by atoms with van der Waals surface area (Å²) in [7, 11) is 0. The molecule has 5 heteroatoms. The van der Waals surface area contributed by atoms with E-state index in [0.717, 1.165) is 51.4 Å². The molecule has 0 aliphatic heterocycles. The van der Waals surface area contributed by atoms with Gasteiger partial charge in [0.15, 0.2) is 0 Å². The summed E-state index contributed by atoms with van der Waals surface area (Å²) in [6, 6.07) is -0.771. The van der Waals surface area contributed by atoms with Crippen molar-refractivity contribution in [1.29, 1.82) is 0 Å². The summed E-state index contributed by atoms with van der Waals surface area (Å²) in [6.07, 6.45) is 56.9. The normalized spacial score (nSPS) is 13.9. The van der Waals surface area contributed by atoms with Gasteiger partial charge in [-0.1, -0.05) is 204 Å². The van der Waals surface area contributed by atoms with E-state index in [0.29, 0.717) is 6.42 Å². The average Bonchev–Trinajstić information content (AvgIpc) is 3.16. The van der Waals surface area contributed by atoms with Gasteiger partial charge in [-0.2, -0.15) is 0 Å². The zero-order valence-electron chi connectivity index (χ0n) is 35.8. The van der Waals surface area contributed by atoms with Crippen LogP contribution in [-0.2, 0) is 4.79 Å². The highest BCUT2D eigenvalue weighted by molar-refractivity contribution is 5.76. The second-order valence-electron chi connectivity index (χ2n) is 16.0. The molecule has 0 aromatic heterocycles. The molecular weight excluding hydrogens is 667 g/mol. The highest BCUT2D eigenvalue weighted by atomic mass is 16.3. The van der Waals surface area contributed by atoms with Crippen LogP contribution in [0.15, 0.2) is 48.6 Å². The number of aliphatic hydroxyl groups excluding tert-OH is 3. The Morgan fingerprint density at radius 1 is 0.463 bits per heavy atom. The van der Waals surface area contributed by atoms with Crippen molar-refractivity contribution in [2.75, 3.05) is 6.61 Å². The largest absolute Gasteiger partial charge is 0.394 e. The monoisotopic (exact) mass is 758 g/mol. The molecule has 5 nitrogen and oxygen atoms in total. The fraction of sp³-hybridized carbons (Fsp3) is 0.816. The Labute approximate surface area is 336 Å². The summed E-state index contributed by atoms with van der Waals surface area (Å²) in [6.45, 7) is 4.20. The number of hydrogen-bond acceptors (Lipinski definition) is 4. The van der Waals surface area contributed by atoms with Gasteiger partial charge < -0.3 is 20.6 Å². The maximum atomic E-state index is 12.4. The lowest BCUT2D eigenvalue weighted by Gasteiger charge is -2.20. The highest BCUT2D eigenvalue weighted by Gasteiger charge is 2.20. The predicted molar refractivity (Wildman–Crippen MR) is 236 cm³/mol. The van der Waals surface area contributed by atoms with Crippen LogP contribution in [0.25, 0.3) is 0 Å². The molecule has 0 aromatic rings. The fourth-order valence-electron chi connectivity index (χ4n) is 6.95. The first-order valence-electron chi connectivity index (χ1n) is 23.4. The quantitative estimate of drug-likeness (QED) is 0.0369. The molecule has 0 fully saturated rings. The Hall–Kier alpha value is -1.69. The number of hydrogen-bond donors (Lipinski definition) is 4. The summed E-state index contributed by atoms with van der Waals surface area (Å²) in [4.78, 5) is 12.4. The van der Waals surface area contributed by atoms with Gasteiger partial charge in [0.05, 0.1) is 31.3 Å². The second-order valence-corrected chi connectivity index (χ2v) is 16.0. The van der Waals surface area contributed by atoms with Crippen LogP contribution >= 0.6 is 0 Å². The summed E-state index contributed by atoms with van der Waals surface area (Å²) in [5.41, 5.74) is 0. The molecule has 0 bridgehead atoms. The number of unbranched alkanes of at least 4 members (excludes halogenated alkanes) is 27. The Kier molecular flexibility index (Phi) is 42.7. The van der Waals surface area contributed by atoms with Crippen LogP contribution in [0.1, 0.15) is 232 Å². The fourth-order valence-corrected chi connectivity index (χ4v) is 6.95. The van der Waals surface area contributed by atoms with E-state index in [1.165, 1.54) is 154 Å². The van der Waals surface area contributed by atoms with E-state index < -0.39 is 18.2 Å². The first kappa shape index (κ1) is 52.3. The number of amides is 1. The van der Waals surface area contributed by atoms with Crippen molar-refractivity contribution in [3.05, 3.63) is 48.6 Å². The van der Waals surface area contributed by atoms with Crippen LogP contribution in [0.2, 0.25) is 0 Å². The van der Waals surface area contributed by atoms with E-state index in [1.807, 2.05) is 6.08 Å². The number of aliphatic hydroxyl groups is 3. The van der Waals surface area contributed by atoms with Gasteiger partial charge in [0.1, 0.15) is 0 Å². The molecule has 0 aromatic carbocycles. The molecule has 54 heavy (non-hydrogen) atoms. The summed E-state index contributed by atoms with van der Waals surface area (Å²) in [5.74, 6) is -0.334. The second kappa shape index (κ2) is 44.0. The molecule has 0 rings (SSSR count). The van der Waals surface area contributed by atoms with Crippen molar-refractivity contribution in [3.63, 3.8) is 0 Å². The van der Waals surface area contributed by atoms with Gasteiger partial charge in [0.25, 0.3) is 0 Å². The molecule has 0 spiro atoms. The number of allylic oxidation sites excluding steroid dienone is 7. The van der Waals surface area contributed by atoms with Crippen LogP contribution in [0, 0.1) is 0 Å². The zero-order chi connectivity index (χ0) is 39.4. The Bertz CT molecular complexity index is 881. The maximum absolute atomic E-state index is 12.4. The molecule has 0 saturated carbocycles. The summed E-state index contributed by atoms with van der Waals surface area (Å²) < 4.78 is 0. The minimum atomic E-state index is -0.963.